The summed E-state index contributed by atoms with van der Waals surface area (Å²) in [4.78, 5) is 69.4. The number of alkyl halides is 1. The number of aliphatic carboxylic acids is 1. The number of carboxylic acid groups (broad SMARTS) is 1. The Balaban J connectivity index is 1.24. The van der Waals surface area contributed by atoms with Gasteiger partial charge in [-0.3, -0.25) is 19.2 Å². The molecule has 4 amide bonds. The van der Waals surface area contributed by atoms with Crippen molar-refractivity contribution in [1.82, 2.24) is 21.3 Å². The van der Waals surface area contributed by atoms with Crippen molar-refractivity contribution in [2.75, 3.05) is 6.61 Å². The van der Waals surface area contributed by atoms with Crippen LogP contribution in [0.4, 0.5) is 4.39 Å². The van der Waals surface area contributed by atoms with Crippen molar-refractivity contribution in [1.29, 1.82) is 0 Å². The fourth-order valence-electron chi connectivity index (χ4n) is 10.2. The van der Waals surface area contributed by atoms with Crippen molar-refractivity contribution >= 4 is 40.9 Å². The molecule has 1 aromatic heterocycles. The van der Waals surface area contributed by atoms with E-state index in [2.05, 4.69) is 21.3 Å². The molecule has 0 radical (unpaired) electrons. The molecule has 3 heterocycles. The molecule has 1 aromatic rings. The normalized spacial score (nSPS) is 35.3. The van der Waals surface area contributed by atoms with Crippen LogP contribution in [0.2, 0.25) is 0 Å². The first-order valence-corrected chi connectivity index (χ1v) is 22.2. The molecule has 11 nitrogen and oxygen atoms in total. The number of hydrogen-bond donors (Lipinski definition) is 5. The van der Waals surface area contributed by atoms with Crippen LogP contribution in [0.1, 0.15) is 133 Å². The third kappa shape index (κ3) is 12.5. The van der Waals surface area contributed by atoms with Gasteiger partial charge in [0.05, 0.1) is 6.10 Å². The third-order valence-corrected chi connectivity index (χ3v) is 14.4. The van der Waals surface area contributed by atoms with Crippen LogP contribution >= 0.6 is 11.3 Å². The number of halogens is 1. The maximum atomic E-state index is 14.5. The van der Waals surface area contributed by atoms with Gasteiger partial charge in [-0.15, -0.1) is 11.3 Å². The Morgan fingerprint density at radius 3 is 1.89 bits per heavy atom. The molecule has 2 aliphatic heterocycles. The number of rotatable bonds is 8. The molecule has 6 fully saturated rings. The second kappa shape index (κ2) is 20.4. The molecule has 0 aromatic carbocycles. The van der Waals surface area contributed by atoms with Gasteiger partial charge < -0.3 is 31.1 Å². The summed E-state index contributed by atoms with van der Waals surface area (Å²) >= 11 is 1.48. The number of carboxylic acids is 1. The van der Waals surface area contributed by atoms with Gasteiger partial charge in [-0.25, -0.2) is 9.18 Å². The summed E-state index contributed by atoms with van der Waals surface area (Å²) in [5.41, 5.74) is 0. The van der Waals surface area contributed by atoms with Crippen LogP contribution < -0.4 is 21.3 Å². The van der Waals surface area contributed by atoms with Crippen LogP contribution in [-0.2, 0) is 35.1 Å². The van der Waals surface area contributed by atoms with Crippen molar-refractivity contribution in [2.45, 2.75) is 171 Å². The van der Waals surface area contributed by atoms with Gasteiger partial charge in [0.25, 0.3) is 0 Å². The highest BCUT2D eigenvalue weighted by Gasteiger charge is 2.37. The molecule has 4 aliphatic carbocycles. The monoisotopic (exact) mass is 786 g/mol. The number of thiophene rings is 1. The first-order chi connectivity index (χ1) is 26.6. The topological polar surface area (TPSA) is 163 Å². The molecule has 5 N–H and O–H groups in total. The Kier molecular flexibility index (Phi) is 15.4. The Morgan fingerprint density at radius 2 is 1.29 bits per heavy atom. The van der Waals surface area contributed by atoms with Crippen molar-refractivity contribution in [3.8, 4) is 0 Å². The Labute approximate surface area is 329 Å². The van der Waals surface area contributed by atoms with Crippen LogP contribution in [-0.4, -0.2) is 77.8 Å². The van der Waals surface area contributed by atoms with Crippen LogP contribution in [0.5, 0.6) is 0 Å². The van der Waals surface area contributed by atoms with E-state index in [1.54, 1.807) is 0 Å². The van der Waals surface area contributed by atoms with Gasteiger partial charge in [0.15, 0.2) is 0 Å². The molecular weight excluding hydrogens is 724 g/mol. The predicted molar refractivity (Wildman–Crippen MR) is 208 cm³/mol. The maximum Gasteiger partial charge on any atom is 0.326 e. The largest absolute Gasteiger partial charge is 0.480 e. The molecule has 4 saturated carbocycles. The molecule has 55 heavy (non-hydrogen) atoms. The Hall–Kier alpha value is -3.06. The van der Waals surface area contributed by atoms with E-state index in [4.69, 9.17) is 4.74 Å². The summed E-state index contributed by atoms with van der Waals surface area (Å²) < 4.78 is 20.1. The summed E-state index contributed by atoms with van der Waals surface area (Å²) in [6, 6.07) is -0.319. The van der Waals surface area contributed by atoms with Crippen molar-refractivity contribution < 1.29 is 38.2 Å². The van der Waals surface area contributed by atoms with Crippen LogP contribution in [0.25, 0.3) is 0 Å². The lowest BCUT2D eigenvalue weighted by Gasteiger charge is -2.37. The van der Waals surface area contributed by atoms with Gasteiger partial charge in [-0.05, 0) is 125 Å². The quantitative estimate of drug-likeness (QED) is 0.202. The van der Waals surface area contributed by atoms with Gasteiger partial charge in [0, 0.05) is 11.3 Å². The first-order valence-electron chi connectivity index (χ1n) is 21.3. The molecule has 4 atom stereocenters. The number of carbonyl (C=O) groups is 5. The zero-order valence-corrected chi connectivity index (χ0v) is 33.1. The highest BCUT2D eigenvalue weighted by atomic mass is 32.1. The van der Waals surface area contributed by atoms with Crippen LogP contribution in [0.15, 0.2) is 17.5 Å². The number of nitrogens with one attached hydrogen (secondary N) is 4. The van der Waals surface area contributed by atoms with Gasteiger partial charge in [-0.2, -0.15) is 0 Å². The summed E-state index contributed by atoms with van der Waals surface area (Å²) in [7, 11) is 0. The molecular formula is C42H63FN4O7S. The second-order valence-electron chi connectivity index (χ2n) is 17.4. The van der Waals surface area contributed by atoms with Crippen LogP contribution in [0, 0.1) is 29.6 Å². The van der Waals surface area contributed by atoms with E-state index in [1.807, 2.05) is 17.5 Å². The van der Waals surface area contributed by atoms with E-state index in [1.165, 1.54) is 43.4 Å². The van der Waals surface area contributed by atoms with E-state index < -0.39 is 59.9 Å². The third-order valence-electron chi connectivity index (χ3n) is 13.5. The minimum atomic E-state index is -1.14. The zero-order valence-electron chi connectivity index (χ0n) is 32.3. The smallest absolute Gasteiger partial charge is 0.326 e. The predicted octanol–water partition coefficient (Wildman–Crippen LogP) is 5.99. The number of hydrogen-bond acceptors (Lipinski definition) is 7. The lowest BCUT2D eigenvalue weighted by atomic mass is 9.70. The number of carbonyl (C=O) groups excluding carboxylic acids is 4. The molecule has 7 rings (SSSR count). The van der Waals surface area contributed by atoms with E-state index in [0.717, 1.165) is 36.5 Å². The number of ether oxygens (including phenoxy) is 1. The van der Waals surface area contributed by atoms with E-state index in [9.17, 15) is 33.5 Å². The fraction of sp³-hybridized carbons (Fsp3) is 0.786. The molecule has 0 spiro atoms. The van der Waals surface area contributed by atoms with E-state index in [0.29, 0.717) is 63.7 Å². The average molecular weight is 787 g/mol. The number of amides is 4. The van der Waals surface area contributed by atoms with Gasteiger partial charge in [0.1, 0.15) is 36.9 Å². The molecule has 306 valence electrons. The van der Waals surface area contributed by atoms with Crippen LogP contribution in [0.3, 0.4) is 0 Å². The molecule has 4 unspecified atom stereocenters. The summed E-state index contributed by atoms with van der Waals surface area (Å²) in [5.74, 6) is -1.44. The second-order valence-corrected chi connectivity index (χ2v) is 18.4. The van der Waals surface area contributed by atoms with Gasteiger partial charge >= 0.3 is 5.97 Å². The Morgan fingerprint density at radius 1 is 0.709 bits per heavy atom. The first kappa shape index (κ1) is 41.6. The average Bonchev–Trinajstić information content (AvgIpc) is 3.71. The van der Waals surface area contributed by atoms with Crippen molar-refractivity contribution in [2.24, 2.45) is 29.6 Å². The zero-order chi connectivity index (χ0) is 38.7. The van der Waals surface area contributed by atoms with Crippen molar-refractivity contribution in [3.05, 3.63) is 22.4 Å². The van der Waals surface area contributed by atoms with Crippen molar-refractivity contribution in [3.63, 3.8) is 0 Å². The highest BCUT2D eigenvalue weighted by Crippen LogP contribution is 2.41. The molecule has 2 bridgehead atoms. The SMILES string of the molecule is O=C1COC2CCC(CC2)CC(C(=O)O)NC(=O)C(CC2CCC(F)CC2)NC(=O)C(CC2CCC(C3CCCCC3)CC2)NC(=O)C(Cc2cccs2)N1. The fourth-order valence-corrected chi connectivity index (χ4v) is 10.9. The standard InChI is InChI=1S/C42H63FN4O7S/c43-31-16-10-27(11-17-31)22-35-40(50)47-37(42(52)53)23-28-12-18-32(19-13-28)54-25-38(48)44-36(24-33-7-4-20-55-33)41(51)46-34(39(49)45-35)21-26-8-14-30(15-9-26)29-5-2-1-3-6-29/h4,7,20,26-32,34-37H,1-3,5-6,8-19,21-25H2,(H,44,48)(H,45,49)(H,46,51)(H,47,50)(H,52,53). The maximum absolute atomic E-state index is 14.5. The lowest BCUT2D eigenvalue weighted by Crippen LogP contribution is -2.58. The van der Waals surface area contributed by atoms with E-state index in [-0.39, 0.29) is 49.7 Å². The lowest BCUT2D eigenvalue weighted by molar-refractivity contribution is -0.143. The van der Waals surface area contributed by atoms with Gasteiger partial charge in [0.2, 0.25) is 23.6 Å². The Bertz CT molecular complexity index is 1420. The number of fused-ring (bicyclic) bond motifs is 16. The summed E-state index contributed by atoms with van der Waals surface area (Å²) in [5, 5.41) is 23.7. The molecule has 2 saturated heterocycles. The minimum absolute atomic E-state index is 0.0169. The van der Waals surface area contributed by atoms with Gasteiger partial charge in [-0.1, -0.05) is 51.0 Å². The molecule has 13 heteroatoms. The minimum Gasteiger partial charge on any atom is -0.480 e. The summed E-state index contributed by atoms with van der Waals surface area (Å²) in [6.07, 6.45) is 15.3. The summed E-state index contributed by atoms with van der Waals surface area (Å²) in [6.45, 7) is -0.211. The van der Waals surface area contributed by atoms with E-state index >= 15 is 0 Å². The molecule has 6 aliphatic rings. The highest BCUT2D eigenvalue weighted by molar-refractivity contribution is 7.09.